The molecule has 0 aromatic carbocycles. The summed E-state index contributed by atoms with van der Waals surface area (Å²) in [6.07, 6.45) is 2.34. The predicted octanol–water partition coefficient (Wildman–Crippen LogP) is 1.08. The minimum atomic E-state index is 0.00311. The highest BCUT2D eigenvalue weighted by Gasteiger charge is 2.31. The molecule has 3 nitrogen and oxygen atoms in total. The monoisotopic (exact) mass is 171 g/mol. The van der Waals surface area contributed by atoms with Crippen LogP contribution in [0.15, 0.2) is 0 Å². The topological polar surface area (TPSA) is 38.3 Å². The van der Waals surface area contributed by atoms with E-state index in [-0.39, 0.29) is 17.6 Å². The Morgan fingerprint density at radius 1 is 1.67 bits per heavy atom. The number of carbonyl (C=O) groups excluding carboxylic acids is 1. The van der Waals surface area contributed by atoms with Crippen LogP contribution in [0.25, 0.3) is 0 Å². The Hall–Kier alpha value is -0.570. The molecule has 0 aliphatic carbocycles. The number of hydrogen-bond donors (Lipinski definition) is 1. The molecular formula is C9H17NO2. The van der Waals surface area contributed by atoms with E-state index in [1.54, 1.807) is 0 Å². The van der Waals surface area contributed by atoms with E-state index in [9.17, 15) is 4.79 Å². The fourth-order valence-electron chi connectivity index (χ4n) is 1.48. The molecular weight excluding hydrogens is 154 g/mol. The molecule has 1 unspecified atom stereocenters. The van der Waals surface area contributed by atoms with Gasteiger partial charge in [-0.2, -0.15) is 0 Å². The predicted molar refractivity (Wildman–Crippen MR) is 46.9 cm³/mol. The van der Waals surface area contributed by atoms with Gasteiger partial charge in [0.1, 0.15) is 0 Å². The van der Waals surface area contributed by atoms with Crippen molar-refractivity contribution in [1.82, 2.24) is 5.32 Å². The summed E-state index contributed by atoms with van der Waals surface area (Å²) < 4.78 is 5.68. The van der Waals surface area contributed by atoms with Gasteiger partial charge in [0.2, 0.25) is 5.91 Å². The van der Waals surface area contributed by atoms with Crippen molar-refractivity contribution in [3.8, 4) is 0 Å². The van der Waals surface area contributed by atoms with Gasteiger partial charge in [0.05, 0.1) is 11.7 Å². The molecule has 1 N–H and O–H groups in total. The molecule has 1 aliphatic rings. The Bertz CT molecular complexity index is 177. The van der Waals surface area contributed by atoms with E-state index >= 15 is 0 Å². The lowest BCUT2D eigenvalue weighted by atomic mass is 10.1. The van der Waals surface area contributed by atoms with Gasteiger partial charge in [-0.15, -0.1) is 0 Å². The molecule has 0 radical (unpaired) electrons. The summed E-state index contributed by atoms with van der Waals surface area (Å²) in [5.41, 5.74) is 0.00311. The zero-order valence-corrected chi connectivity index (χ0v) is 8.02. The first-order valence-electron chi connectivity index (χ1n) is 4.42. The first-order chi connectivity index (χ1) is 5.49. The first kappa shape index (κ1) is 9.52. The third-order valence-electron chi connectivity index (χ3n) is 2.13. The van der Waals surface area contributed by atoms with Crippen LogP contribution in [-0.2, 0) is 9.53 Å². The van der Waals surface area contributed by atoms with E-state index in [0.717, 1.165) is 12.8 Å². The average molecular weight is 171 g/mol. The third-order valence-corrected chi connectivity index (χ3v) is 2.13. The van der Waals surface area contributed by atoms with Gasteiger partial charge in [-0.05, 0) is 26.7 Å². The van der Waals surface area contributed by atoms with E-state index in [1.807, 2.05) is 0 Å². The summed E-state index contributed by atoms with van der Waals surface area (Å²) in [6.45, 7) is 6.35. The molecule has 1 saturated heterocycles. The van der Waals surface area contributed by atoms with E-state index in [2.05, 4.69) is 19.2 Å². The lowest BCUT2D eigenvalue weighted by molar-refractivity contribution is -0.119. The van der Waals surface area contributed by atoms with Gasteiger partial charge < -0.3 is 10.1 Å². The van der Waals surface area contributed by atoms with Crippen LogP contribution in [0.5, 0.6) is 0 Å². The molecule has 1 fully saturated rings. The number of carbonyl (C=O) groups is 1. The molecule has 0 spiro atoms. The molecule has 1 aliphatic heterocycles. The highest BCUT2D eigenvalue weighted by Crippen LogP contribution is 2.28. The fraction of sp³-hybridized carbons (Fsp3) is 0.889. The van der Waals surface area contributed by atoms with Gasteiger partial charge in [-0.1, -0.05) is 0 Å². The summed E-state index contributed by atoms with van der Waals surface area (Å²) in [5.74, 6) is 0.0170. The van der Waals surface area contributed by atoms with Crippen LogP contribution in [-0.4, -0.2) is 24.2 Å². The average Bonchev–Trinajstić information content (AvgIpc) is 2.26. The Kier molecular flexibility index (Phi) is 2.73. The maximum absolute atomic E-state index is 10.6. The lowest BCUT2D eigenvalue weighted by Crippen LogP contribution is -2.31. The Morgan fingerprint density at radius 3 is 2.75 bits per heavy atom. The standard InChI is InChI=1S/C9H17NO2/c1-7(11)10-6-8-4-5-9(2,3)12-8/h8H,4-6H2,1-3H3,(H,10,11). The molecule has 12 heavy (non-hydrogen) atoms. The molecule has 1 heterocycles. The van der Waals surface area contributed by atoms with Crippen molar-refractivity contribution in [1.29, 1.82) is 0 Å². The zero-order valence-electron chi connectivity index (χ0n) is 8.02. The van der Waals surface area contributed by atoms with Crippen LogP contribution in [0.2, 0.25) is 0 Å². The summed E-state index contributed by atoms with van der Waals surface area (Å²) in [7, 11) is 0. The summed E-state index contributed by atoms with van der Waals surface area (Å²) in [4.78, 5) is 10.6. The quantitative estimate of drug-likeness (QED) is 0.675. The Labute approximate surface area is 73.5 Å². The van der Waals surface area contributed by atoms with Crippen LogP contribution < -0.4 is 5.32 Å². The SMILES string of the molecule is CC(=O)NCC1CCC(C)(C)O1. The van der Waals surface area contributed by atoms with Crippen molar-refractivity contribution in [3.63, 3.8) is 0 Å². The smallest absolute Gasteiger partial charge is 0.216 e. The first-order valence-corrected chi connectivity index (χ1v) is 4.42. The Balaban J connectivity index is 2.24. The van der Waals surface area contributed by atoms with Crippen molar-refractivity contribution in [2.45, 2.75) is 45.3 Å². The second-order valence-corrected chi connectivity index (χ2v) is 3.98. The normalized spacial score (nSPS) is 27.1. The minimum absolute atomic E-state index is 0.00311. The van der Waals surface area contributed by atoms with E-state index in [4.69, 9.17) is 4.74 Å². The summed E-state index contributed by atoms with van der Waals surface area (Å²) in [5, 5.41) is 2.76. The third kappa shape index (κ3) is 2.81. The largest absolute Gasteiger partial charge is 0.371 e. The van der Waals surface area contributed by atoms with Crippen LogP contribution in [0.1, 0.15) is 33.6 Å². The van der Waals surface area contributed by atoms with Crippen LogP contribution in [0, 0.1) is 0 Å². The minimum Gasteiger partial charge on any atom is -0.371 e. The molecule has 0 bridgehead atoms. The molecule has 0 aromatic heterocycles. The molecule has 0 aromatic rings. The number of hydrogen-bond acceptors (Lipinski definition) is 2. The van der Waals surface area contributed by atoms with Crippen molar-refractivity contribution >= 4 is 5.91 Å². The van der Waals surface area contributed by atoms with Crippen LogP contribution >= 0.6 is 0 Å². The zero-order chi connectivity index (χ0) is 9.19. The van der Waals surface area contributed by atoms with E-state index in [0.29, 0.717) is 6.54 Å². The summed E-state index contributed by atoms with van der Waals surface area (Å²) in [6, 6.07) is 0. The maximum atomic E-state index is 10.6. The van der Waals surface area contributed by atoms with Gasteiger partial charge in [0.15, 0.2) is 0 Å². The maximum Gasteiger partial charge on any atom is 0.216 e. The van der Waals surface area contributed by atoms with Crippen molar-refractivity contribution in [2.75, 3.05) is 6.54 Å². The van der Waals surface area contributed by atoms with Gasteiger partial charge in [0.25, 0.3) is 0 Å². The summed E-state index contributed by atoms with van der Waals surface area (Å²) >= 11 is 0. The highest BCUT2D eigenvalue weighted by atomic mass is 16.5. The molecule has 3 heteroatoms. The van der Waals surface area contributed by atoms with Crippen LogP contribution in [0.3, 0.4) is 0 Å². The van der Waals surface area contributed by atoms with Crippen molar-refractivity contribution in [2.24, 2.45) is 0 Å². The molecule has 1 rings (SSSR count). The molecule has 70 valence electrons. The molecule has 1 atom stereocenters. The van der Waals surface area contributed by atoms with Crippen molar-refractivity contribution < 1.29 is 9.53 Å². The number of nitrogens with one attached hydrogen (secondary N) is 1. The number of rotatable bonds is 2. The van der Waals surface area contributed by atoms with E-state index in [1.165, 1.54) is 6.92 Å². The second kappa shape index (κ2) is 3.44. The Morgan fingerprint density at radius 2 is 2.33 bits per heavy atom. The van der Waals surface area contributed by atoms with E-state index < -0.39 is 0 Å². The number of ether oxygens (including phenoxy) is 1. The van der Waals surface area contributed by atoms with Gasteiger partial charge in [0, 0.05) is 13.5 Å². The number of amides is 1. The second-order valence-electron chi connectivity index (χ2n) is 3.98. The van der Waals surface area contributed by atoms with Crippen LogP contribution in [0.4, 0.5) is 0 Å². The van der Waals surface area contributed by atoms with Gasteiger partial charge >= 0.3 is 0 Å². The highest BCUT2D eigenvalue weighted by molar-refractivity contribution is 5.72. The van der Waals surface area contributed by atoms with Crippen molar-refractivity contribution in [3.05, 3.63) is 0 Å². The lowest BCUT2D eigenvalue weighted by Gasteiger charge is -2.19. The molecule has 1 amide bonds. The fourth-order valence-corrected chi connectivity index (χ4v) is 1.48. The molecule has 0 saturated carbocycles. The van der Waals surface area contributed by atoms with Gasteiger partial charge in [-0.3, -0.25) is 4.79 Å². The van der Waals surface area contributed by atoms with Gasteiger partial charge in [-0.25, -0.2) is 0 Å².